The highest BCUT2D eigenvalue weighted by atomic mass is 15.0. The minimum absolute atomic E-state index is 1.11. The lowest BCUT2D eigenvalue weighted by molar-refractivity contribution is 0.413. The highest BCUT2D eigenvalue weighted by Gasteiger charge is 1.94. The van der Waals surface area contributed by atoms with Gasteiger partial charge in [0, 0.05) is 6.54 Å². The van der Waals surface area contributed by atoms with E-state index >= 15 is 0 Å². The van der Waals surface area contributed by atoms with Crippen molar-refractivity contribution in [2.75, 3.05) is 20.6 Å². The Kier molecular flexibility index (Phi) is 4.41. The predicted molar refractivity (Wildman–Crippen MR) is 63.4 cm³/mol. The van der Waals surface area contributed by atoms with Crippen molar-refractivity contribution in [2.24, 2.45) is 0 Å². The van der Waals surface area contributed by atoms with Gasteiger partial charge in [0.1, 0.15) is 0 Å². The fourth-order valence-electron chi connectivity index (χ4n) is 1.34. The average molecular weight is 189 g/mol. The van der Waals surface area contributed by atoms with Crippen LogP contribution in [0, 0.1) is 0 Å². The molecule has 0 aliphatic heterocycles. The van der Waals surface area contributed by atoms with Crippen LogP contribution in [0.2, 0.25) is 0 Å². The molecular formula is C13H19N. The lowest BCUT2D eigenvalue weighted by Crippen LogP contribution is -2.14. The van der Waals surface area contributed by atoms with Gasteiger partial charge in [0.2, 0.25) is 0 Å². The van der Waals surface area contributed by atoms with Crippen molar-refractivity contribution in [3.63, 3.8) is 0 Å². The largest absolute Gasteiger partial charge is 0.309 e. The second kappa shape index (κ2) is 5.61. The molecule has 1 aromatic carbocycles. The molecule has 0 unspecified atom stereocenters. The Bertz CT molecular complexity index is 283. The third kappa shape index (κ3) is 3.75. The van der Waals surface area contributed by atoms with Crippen molar-refractivity contribution >= 4 is 6.08 Å². The Morgan fingerprint density at radius 1 is 1.14 bits per heavy atom. The first-order valence-corrected chi connectivity index (χ1v) is 5.08. The molecule has 1 heteroatoms. The van der Waals surface area contributed by atoms with Crippen LogP contribution < -0.4 is 0 Å². The summed E-state index contributed by atoms with van der Waals surface area (Å²) in [6, 6.07) is 8.76. The molecule has 0 atom stereocenters. The van der Waals surface area contributed by atoms with Crippen molar-refractivity contribution in [1.29, 1.82) is 0 Å². The maximum Gasteiger partial charge on any atom is 0.00157 e. The SMILES string of the molecule is C/C=C/c1ccc(CCN(C)C)cc1. The van der Waals surface area contributed by atoms with E-state index in [4.69, 9.17) is 0 Å². The van der Waals surface area contributed by atoms with Gasteiger partial charge in [-0.05, 0) is 38.6 Å². The number of rotatable bonds is 4. The zero-order valence-electron chi connectivity index (χ0n) is 9.33. The summed E-state index contributed by atoms with van der Waals surface area (Å²) < 4.78 is 0. The zero-order valence-corrected chi connectivity index (χ0v) is 9.33. The molecular weight excluding hydrogens is 170 g/mol. The van der Waals surface area contributed by atoms with Crippen molar-refractivity contribution in [2.45, 2.75) is 13.3 Å². The Labute approximate surface area is 87.1 Å². The summed E-state index contributed by atoms with van der Waals surface area (Å²) in [5.41, 5.74) is 2.69. The number of hydrogen-bond acceptors (Lipinski definition) is 1. The summed E-state index contributed by atoms with van der Waals surface area (Å²) >= 11 is 0. The van der Waals surface area contributed by atoms with Gasteiger partial charge in [0.05, 0.1) is 0 Å². The van der Waals surface area contributed by atoms with Crippen LogP contribution in [0.5, 0.6) is 0 Å². The lowest BCUT2D eigenvalue weighted by Gasteiger charge is -2.08. The van der Waals surface area contributed by atoms with Gasteiger partial charge < -0.3 is 4.90 Å². The van der Waals surface area contributed by atoms with E-state index in [1.807, 2.05) is 6.92 Å². The topological polar surface area (TPSA) is 3.24 Å². The molecule has 0 N–H and O–H groups in total. The second-order valence-corrected chi connectivity index (χ2v) is 3.79. The summed E-state index contributed by atoms with van der Waals surface area (Å²) in [6.45, 7) is 3.16. The predicted octanol–water partition coefficient (Wildman–Crippen LogP) is 2.82. The van der Waals surface area contributed by atoms with Gasteiger partial charge in [-0.1, -0.05) is 36.4 Å². The Hall–Kier alpha value is -1.08. The van der Waals surface area contributed by atoms with E-state index in [0.29, 0.717) is 0 Å². The molecule has 1 rings (SSSR count). The smallest absolute Gasteiger partial charge is 0.00157 e. The summed E-state index contributed by atoms with van der Waals surface area (Å²) in [7, 11) is 4.21. The van der Waals surface area contributed by atoms with Crippen LogP contribution in [0.25, 0.3) is 6.08 Å². The monoisotopic (exact) mass is 189 g/mol. The third-order valence-corrected chi connectivity index (χ3v) is 2.19. The molecule has 0 heterocycles. The van der Waals surface area contributed by atoms with E-state index in [0.717, 1.165) is 13.0 Å². The maximum atomic E-state index is 2.21. The van der Waals surface area contributed by atoms with Gasteiger partial charge in [0.15, 0.2) is 0 Å². The van der Waals surface area contributed by atoms with Crippen LogP contribution in [0.4, 0.5) is 0 Å². The Balaban J connectivity index is 2.55. The van der Waals surface area contributed by atoms with Gasteiger partial charge in [-0.2, -0.15) is 0 Å². The zero-order chi connectivity index (χ0) is 10.4. The van der Waals surface area contributed by atoms with Crippen LogP contribution in [-0.2, 0) is 6.42 Å². The summed E-state index contributed by atoms with van der Waals surface area (Å²) in [6.07, 6.45) is 5.31. The number of likely N-dealkylation sites (N-methyl/N-ethyl adjacent to an activating group) is 1. The van der Waals surface area contributed by atoms with Crippen molar-refractivity contribution < 1.29 is 0 Å². The molecule has 0 spiro atoms. The fourth-order valence-corrected chi connectivity index (χ4v) is 1.34. The van der Waals surface area contributed by atoms with Crippen LogP contribution in [0.15, 0.2) is 30.3 Å². The number of hydrogen-bond donors (Lipinski definition) is 0. The summed E-state index contributed by atoms with van der Waals surface area (Å²) in [5, 5.41) is 0. The van der Waals surface area contributed by atoms with E-state index in [-0.39, 0.29) is 0 Å². The first kappa shape index (κ1) is 11.0. The Morgan fingerprint density at radius 2 is 1.79 bits per heavy atom. The fraction of sp³-hybridized carbons (Fsp3) is 0.385. The average Bonchev–Trinajstić information content (AvgIpc) is 2.17. The highest BCUT2D eigenvalue weighted by Crippen LogP contribution is 2.06. The molecule has 0 fully saturated rings. The van der Waals surface area contributed by atoms with Gasteiger partial charge in [0.25, 0.3) is 0 Å². The maximum absolute atomic E-state index is 2.21. The van der Waals surface area contributed by atoms with Gasteiger partial charge in [-0.3, -0.25) is 0 Å². The van der Waals surface area contributed by atoms with E-state index in [2.05, 4.69) is 55.4 Å². The molecule has 0 radical (unpaired) electrons. The highest BCUT2D eigenvalue weighted by molar-refractivity contribution is 5.49. The molecule has 76 valence electrons. The standard InChI is InChI=1S/C13H19N/c1-4-5-12-6-8-13(9-7-12)10-11-14(2)3/h4-9H,10-11H2,1-3H3/b5-4+. The molecule has 0 aliphatic carbocycles. The van der Waals surface area contributed by atoms with Crippen LogP contribution in [0.1, 0.15) is 18.1 Å². The van der Waals surface area contributed by atoms with Crippen LogP contribution in [0.3, 0.4) is 0 Å². The quantitative estimate of drug-likeness (QED) is 0.704. The normalized spacial score (nSPS) is 11.4. The second-order valence-electron chi connectivity index (χ2n) is 3.79. The molecule has 0 aromatic heterocycles. The molecule has 0 saturated heterocycles. The van der Waals surface area contributed by atoms with Gasteiger partial charge in [-0.25, -0.2) is 0 Å². The number of allylic oxidation sites excluding steroid dienone is 1. The minimum Gasteiger partial charge on any atom is -0.309 e. The molecule has 1 nitrogen and oxygen atoms in total. The first-order chi connectivity index (χ1) is 6.72. The van der Waals surface area contributed by atoms with Crippen molar-refractivity contribution in [3.8, 4) is 0 Å². The molecule has 0 aliphatic rings. The molecule has 1 aromatic rings. The molecule has 0 amide bonds. The Morgan fingerprint density at radius 3 is 2.29 bits per heavy atom. The summed E-state index contributed by atoms with van der Waals surface area (Å²) in [5.74, 6) is 0. The molecule has 0 bridgehead atoms. The third-order valence-electron chi connectivity index (χ3n) is 2.19. The minimum atomic E-state index is 1.11. The van der Waals surface area contributed by atoms with Crippen LogP contribution >= 0.6 is 0 Å². The lowest BCUT2D eigenvalue weighted by atomic mass is 10.1. The summed E-state index contributed by atoms with van der Waals surface area (Å²) in [4.78, 5) is 2.21. The van der Waals surface area contributed by atoms with E-state index in [9.17, 15) is 0 Å². The number of benzene rings is 1. The van der Waals surface area contributed by atoms with E-state index < -0.39 is 0 Å². The van der Waals surface area contributed by atoms with Crippen molar-refractivity contribution in [3.05, 3.63) is 41.5 Å². The van der Waals surface area contributed by atoms with E-state index in [1.165, 1.54) is 11.1 Å². The molecule has 0 saturated carbocycles. The van der Waals surface area contributed by atoms with Crippen LogP contribution in [-0.4, -0.2) is 25.5 Å². The van der Waals surface area contributed by atoms with Crippen molar-refractivity contribution in [1.82, 2.24) is 4.90 Å². The number of nitrogens with zero attached hydrogens (tertiary/aromatic N) is 1. The molecule has 14 heavy (non-hydrogen) atoms. The van der Waals surface area contributed by atoms with Gasteiger partial charge in [-0.15, -0.1) is 0 Å². The first-order valence-electron chi connectivity index (χ1n) is 5.08. The van der Waals surface area contributed by atoms with Gasteiger partial charge >= 0.3 is 0 Å². The van der Waals surface area contributed by atoms with E-state index in [1.54, 1.807) is 0 Å².